The highest BCUT2D eigenvalue weighted by Crippen LogP contribution is 2.09. The molecule has 0 radical (unpaired) electrons. The molecule has 0 saturated carbocycles. The molecular formula is C10H20N4O2. The van der Waals surface area contributed by atoms with Crippen LogP contribution in [-0.2, 0) is 9.59 Å². The topological polar surface area (TPSA) is 73.5 Å². The van der Waals surface area contributed by atoms with E-state index in [4.69, 9.17) is 0 Å². The molecule has 0 aromatic rings. The summed E-state index contributed by atoms with van der Waals surface area (Å²) in [6.45, 7) is 3.91. The molecule has 1 rings (SSSR count). The van der Waals surface area contributed by atoms with E-state index in [1.165, 1.54) is 0 Å². The van der Waals surface area contributed by atoms with Gasteiger partial charge in [0.15, 0.2) is 0 Å². The molecule has 2 atom stereocenters. The number of likely N-dealkylation sites (N-methyl/N-ethyl adjacent to an activating group) is 2. The van der Waals surface area contributed by atoms with Gasteiger partial charge in [0.1, 0.15) is 6.04 Å². The van der Waals surface area contributed by atoms with Crippen molar-refractivity contribution in [2.45, 2.75) is 19.0 Å². The van der Waals surface area contributed by atoms with Gasteiger partial charge in [0.05, 0.1) is 6.04 Å². The molecule has 6 heteroatoms. The summed E-state index contributed by atoms with van der Waals surface area (Å²) >= 11 is 0. The van der Waals surface area contributed by atoms with Crippen LogP contribution in [-0.4, -0.2) is 62.5 Å². The summed E-state index contributed by atoms with van der Waals surface area (Å²) < 4.78 is 0. The van der Waals surface area contributed by atoms with Crippen LogP contribution in [0.15, 0.2) is 0 Å². The van der Waals surface area contributed by atoms with Crippen molar-refractivity contribution in [2.75, 3.05) is 33.7 Å². The van der Waals surface area contributed by atoms with E-state index >= 15 is 0 Å². The minimum absolute atomic E-state index is 0.0528. The Hall–Kier alpha value is -1.14. The molecule has 6 nitrogen and oxygen atoms in total. The first-order chi connectivity index (χ1) is 7.61. The maximum absolute atomic E-state index is 11.7. The number of hydrogen-bond acceptors (Lipinski definition) is 4. The number of carbonyl (C=O) groups excluding carboxylic acids is 2. The molecule has 1 saturated heterocycles. The Bertz CT molecular complexity index is 270. The normalized spacial score (nSPS) is 23.6. The summed E-state index contributed by atoms with van der Waals surface area (Å²) in [5.74, 6) is -0.112. The van der Waals surface area contributed by atoms with Crippen LogP contribution in [0.3, 0.4) is 0 Å². The zero-order chi connectivity index (χ0) is 12.1. The van der Waals surface area contributed by atoms with E-state index < -0.39 is 0 Å². The van der Waals surface area contributed by atoms with Gasteiger partial charge >= 0.3 is 0 Å². The van der Waals surface area contributed by atoms with Gasteiger partial charge in [0, 0.05) is 33.7 Å². The largest absolute Gasteiger partial charge is 0.358 e. The predicted molar refractivity (Wildman–Crippen MR) is 61.0 cm³/mol. The number of piperazine rings is 1. The van der Waals surface area contributed by atoms with Gasteiger partial charge in [-0.05, 0) is 6.92 Å². The maximum atomic E-state index is 11.7. The highest BCUT2D eigenvalue weighted by Gasteiger charge is 2.33. The average molecular weight is 228 g/mol. The molecular weight excluding hydrogens is 208 g/mol. The summed E-state index contributed by atoms with van der Waals surface area (Å²) in [5, 5.41) is 8.39. The lowest BCUT2D eigenvalue weighted by Crippen LogP contribution is -2.62. The molecule has 3 N–H and O–H groups in total. The second kappa shape index (κ2) is 5.81. The number of hydrogen-bond donors (Lipinski definition) is 3. The van der Waals surface area contributed by atoms with Crippen LogP contribution in [0.25, 0.3) is 0 Å². The lowest BCUT2D eigenvalue weighted by atomic mass is 10.1. The van der Waals surface area contributed by atoms with Crippen LogP contribution in [0.1, 0.15) is 6.92 Å². The van der Waals surface area contributed by atoms with Crippen LogP contribution >= 0.6 is 0 Å². The smallest absolute Gasteiger partial charge is 0.238 e. The van der Waals surface area contributed by atoms with Gasteiger partial charge in [-0.15, -0.1) is 0 Å². The zero-order valence-electron chi connectivity index (χ0n) is 10.0. The SMILES string of the molecule is CNC(=O)C(C)N1CCNCC1C(=O)NC. The van der Waals surface area contributed by atoms with Crippen LogP contribution < -0.4 is 16.0 Å². The Labute approximate surface area is 95.8 Å². The highest BCUT2D eigenvalue weighted by atomic mass is 16.2. The molecule has 0 spiro atoms. The fraction of sp³-hybridized carbons (Fsp3) is 0.800. The first-order valence-electron chi connectivity index (χ1n) is 5.51. The number of amides is 2. The quantitative estimate of drug-likeness (QED) is 0.530. The van der Waals surface area contributed by atoms with Crippen molar-refractivity contribution in [3.05, 3.63) is 0 Å². The van der Waals surface area contributed by atoms with Crippen molar-refractivity contribution in [1.29, 1.82) is 0 Å². The summed E-state index contributed by atoms with van der Waals surface area (Å²) in [7, 11) is 3.22. The average Bonchev–Trinajstić information content (AvgIpc) is 2.35. The monoisotopic (exact) mass is 228 g/mol. The van der Waals surface area contributed by atoms with Crippen molar-refractivity contribution in [3.63, 3.8) is 0 Å². The van der Waals surface area contributed by atoms with Gasteiger partial charge in [0.25, 0.3) is 0 Å². The molecule has 1 aliphatic heterocycles. The number of nitrogens with zero attached hydrogens (tertiary/aromatic N) is 1. The third-order valence-electron chi connectivity index (χ3n) is 2.96. The molecule has 2 amide bonds. The summed E-state index contributed by atoms with van der Waals surface area (Å²) in [5.41, 5.74) is 0. The molecule has 16 heavy (non-hydrogen) atoms. The molecule has 0 bridgehead atoms. The Morgan fingerprint density at radius 3 is 2.62 bits per heavy atom. The van der Waals surface area contributed by atoms with Crippen molar-refractivity contribution in [2.24, 2.45) is 0 Å². The number of carbonyl (C=O) groups is 2. The van der Waals surface area contributed by atoms with Gasteiger partial charge in [-0.2, -0.15) is 0 Å². The molecule has 0 aliphatic carbocycles. The summed E-state index contributed by atoms with van der Waals surface area (Å²) in [6.07, 6.45) is 0. The van der Waals surface area contributed by atoms with E-state index in [2.05, 4.69) is 16.0 Å². The number of rotatable bonds is 3. The zero-order valence-corrected chi connectivity index (χ0v) is 10.0. The Morgan fingerprint density at radius 1 is 1.38 bits per heavy atom. The second-order valence-corrected chi connectivity index (χ2v) is 3.86. The second-order valence-electron chi connectivity index (χ2n) is 3.86. The first kappa shape index (κ1) is 12.9. The predicted octanol–water partition coefficient (Wildman–Crippen LogP) is -1.86. The Balaban J connectivity index is 2.73. The molecule has 92 valence electrons. The standard InChI is InChI=1S/C10H20N4O2/c1-7(9(15)11-2)14-5-4-13-6-8(14)10(16)12-3/h7-8,13H,4-6H2,1-3H3,(H,11,15)(H,12,16). The lowest BCUT2D eigenvalue weighted by Gasteiger charge is -2.38. The van der Waals surface area contributed by atoms with E-state index in [0.717, 1.165) is 6.54 Å². The van der Waals surface area contributed by atoms with E-state index in [1.54, 1.807) is 14.1 Å². The molecule has 1 aliphatic rings. The van der Waals surface area contributed by atoms with Crippen molar-refractivity contribution < 1.29 is 9.59 Å². The van der Waals surface area contributed by atoms with Crippen LogP contribution in [0.4, 0.5) is 0 Å². The van der Waals surface area contributed by atoms with E-state index in [1.807, 2.05) is 11.8 Å². The first-order valence-corrected chi connectivity index (χ1v) is 5.51. The van der Waals surface area contributed by atoms with Crippen molar-refractivity contribution in [1.82, 2.24) is 20.9 Å². The minimum atomic E-state index is -0.283. The van der Waals surface area contributed by atoms with E-state index in [9.17, 15) is 9.59 Å². The Morgan fingerprint density at radius 2 is 2.06 bits per heavy atom. The fourth-order valence-electron chi connectivity index (χ4n) is 1.95. The fourth-order valence-corrected chi connectivity index (χ4v) is 1.95. The molecule has 2 unspecified atom stereocenters. The van der Waals surface area contributed by atoms with Gasteiger partial charge < -0.3 is 16.0 Å². The molecule has 0 aromatic carbocycles. The van der Waals surface area contributed by atoms with Gasteiger partial charge in [-0.25, -0.2) is 0 Å². The maximum Gasteiger partial charge on any atom is 0.238 e. The van der Waals surface area contributed by atoms with E-state index in [0.29, 0.717) is 13.1 Å². The van der Waals surface area contributed by atoms with Crippen LogP contribution in [0.5, 0.6) is 0 Å². The Kier molecular flexibility index (Phi) is 4.70. The molecule has 0 aromatic heterocycles. The molecule has 1 fully saturated rings. The van der Waals surface area contributed by atoms with Gasteiger partial charge in [-0.1, -0.05) is 0 Å². The van der Waals surface area contributed by atoms with Crippen molar-refractivity contribution in [3.8, 4) is 0 Å². The van der Waals surface area contributed by atoms with Crippen molar-refractivity contribution >= 4 is 11.8 Å². The third-order valence-corrected chi connectivity index (χ3v) is 2.96. The minimum Gasteiger partial charge on any atom is -0.358 e. The number of nitrogens with one attached hydrogen (secondary N) is 3. The summed E-state index contributed by atoms with van der Waals surface area (Å²) in [6, 6.07) is -0.555. The molecule has 1 heterocycles. The third kappa shape index (κ3) is 2.70. The van der Waals surface area contributed by atoms with Gasteiger partial charge in [-0.3, -0.25) is 14.5 Å². The lowest BCUT2D eigenvalue weighted by molar-refractivity contribution is -0.132. The van der Waals surface area contributed by atoms with Gasteiger partial charge in [0.2, 0.25) is 11.8 Å². The van der Waals surface area contributed by atoms with Crippen LogP contribution in [0, 0.1) is 0 Å². The van der Waals surface area contributed by atoms with Crippen LogP contribution in [0.2, 0.25) is 0 Å². The highest BCUT2D eigenvalue weighted by molar-refractivity contribution is 5.85. The summed E-state index contributed by atoms with van der Waals surface area (Å²) in [4.78, 5) is 25.2. The van der Waals surface area contributed by atoms with E-state index in [-0.39, 0.29) is 23.9 Å².